The number of benzene rings is 1. The van der Waals surface area contributed by atoms with Crippen molar-refractivity contribution >= 4 is 34.8 Å². The number of carbonyl (C=O) groups excluding carboxylic acids is 1. The number of carbonyl (C=O) groups is 1. The van der Waals surface area contributed by atoms with Crippen LogP contribution in [0.15, 0.2) is 18.2 Å². The molecule has 0 spiro atoms. The second-order valence-corrected chi connectivity index (χ2v) is 5.02. The fourth-order valence-electron chi connectivity index (χ4n) is 1.45. The molecule has 1 rings (SSSR count). The minimum atomic E-state index is -0.358. The molecule has 6 heteroatoms. The van der Waals surface area contributed by atoms with Gasteiger partial charge in [-0.3, -0.25) is 9.69 Å². The standard InChI is InChI=1S/C13H15Cl2N3O/c1-9(18(2)7-3-6-16)13(19)17-12-8-10(14)4-5-11(12)15/h4-5,8-9H,3,7H2,1-2H3,(H,17,19). The molecule has 1 unspecified atom stereocenters. The molecule has 0 aliphatic rings. The van der Waals surface area contributed by atoms with Gasteiger partial charge in [0.05, 0.1) is 22.8 Å². The van der Waals surface area contributed by atoms with E-state index in [1.165, 1.54) is 0 Å². The molecule has 1 aromatic carbocycles. The summed E-state index contributed by atoms with van der Waals surface area (Å²) >= 11 is 11.8. The van der Waals surface area contributed by atoms with Crippen molar-refractivity contribution in [2.24, 2.45) is 0 Å². The Balaban J connectivity index is 2.68. The molecule has 19 heavy (non-hydrogen) atoms. The molecule has 0 aliphatic heterocycles. The van der Waals surface area contributed by atoms with Crippen LogP contribution in [-0.2, 0) is 4.79 Å². The first-order chi connectivity index (χ1) is 8.95. The van der Waals surface area contributed by atoms with Gasteiger partial charge in [-0.05, 0) is 32.2 Å². The minimum Gasteiger partial charge on any atom is -0.323 e. The average Bonchev–Trinajstić information content (AvgIpc) is 2.39. The Morgan fingerprint density at radius 2 is 2.21 bits per heavy atom. The largest absolute Gasteiger partial charge is 0.323 e. The van der Waals surface area contributed by atoms with Crippen molar-refractivity contribution < 1.29 is 4.79 Å². The zero-order valence-corrected chi connectivity index (χ0v) is 12.3. The van der Waals surface area contributed by atoms with E-state index in [4.69, 9.17) is 28.5 Å². The van der Waals surface area contributed by atoms with E-state index in [-0.39, 0.29) is 11.9 Å². The monoisotopic (exact) mass is 299 g/mol. The molecule has 0 saturated carbocycles. The van der Waals surface area contributed by atoms with E-state index >= 15 is 0 Å². The first kappa shape index (κ1) is 15.8. The number of hydrogen-bond donors (Lipinski definition) is 1. The van der Waals surface area contributed by atoms with Crippen molar-refractivity contribution in [3.05, 3.63) is 28.2 Å². The lowest BCUT2D eigenvalue weighted by Gasteiger charge is -2.23. The smallest absolute Gasteiger partial charge is 0.241 e. The lowest BCUT2D eigenvalue weighted by Crippen LogP contribution is -2.40. The Morgan fingerprint density at radius 3 is 2.84 bits per heavy atom. The SMILES string of the molecule is CC(C(=O)Nc1cc(Cl)ccc1Cl)N(C)CCC#N. The van der Waals surface area contributed by atoms with Crippen LogP contribution in [0.5, 0.6) is 0 Å². The second-order valence-electron chi connectivity index (χ2n) is 4.18. The van der Waals surface area contributed by atoms with Gasteiger partial charge in [0.2, 0.25) is 5.91 Å². The highest BCUT2D eigenvalue weighted by Crippen LogP contribution is 2.25. The van der Waals surface area contributed by atoms with Gasteiger partial charge in [0.15, 0.2) is 0 Å². The maximum Gasteiger partial charge on any atom is 0.241 e. The molecule has 0 bridgehead atoms. The molecular formula is C13H15Cl2N3O. The predicted molar refractivity (Wildman–Crippen MR) is 77.4 cm³/mol. The van der Waals surface area contributed by atoms with Crippen molar-refractivity contribution in [1.29, 1.82) is 5.26 Å². The van der Waals surface area contributed by atoms with E-state index in [0.29, 0.717) is 28.7 Å². The summed E-state index contributed by atoms with van der Waals surface area (Å²) in [5.41, 5.74) is 0.486. The van der Waals surface area contributed by atoms with Gasteiger partial charge in [0.25, 0.3) is 0 Å². The number of rotatable bonds is 5. The van der Waals surface area contributed by atoms with Crippen molar-refractivity contribution in [2.45, 2.75) is 19.4 Å². The second kappa shape index (κ2) is 7.34. The third kappa shape index (κ3) is 4.71. The number of nitrogens with one attached hydrogen (secondary N) is 1. The summed E-state index contributed by atoms with van der Waals surface area (Å²) in [7, 11) is 1.79. The van der Waals surface area contributed by atoms with Gasteiger partial charge in [0, 0.05) is 18.0 Å². The highest BCUT2D eigenvalue weighted by atomic mass is 35.5. The van der Waals surface area contributed by atoms with Gasteiger partial charge in [-0.15, -0.1) is 0 Å². The zero-order chi connectivity index (χ0) is 14.4. The van der Waals surface area contributed by atoms with Crippen LogP contribution < -0.4 is 5.32 Å². The number of hydrogen-bond acceptors (Lipinski definition) is 3. The van der Waals surface area contributed by atoms with E-state index in [1.807, 2.05) is 6.07 Å². The van der Waals surface area contributed by atoms with Crippen LogP contribution in [-0.4, -0.2) is 30.4 Å². The third-order valence-electron chi connectivity index (χ3n) is 2.80. The average molecular weight is 300 g/mol. The Kier molecular flexibility index (Phi) is 6.10. The van der Waals surface area contributed by atoms with Crippen molar-refractivity contribution in [3.63, 3.8) is 0 Å². The maximum atomic E-state index is 12.0. The van der Waals surface area contributed by atoms with Crippen LogP contribution in [0.25, 0.3) is 0 Å². The summed E-state index contributed by atoms with van der Waals surface area (Å²) < 4.78 is 0. The molecule has 0 heterocycles. The highest BCUT2D eigenvalue weighted by Gasteiger charge is 2.18. The van der Waals surface area contributed by atoms with Crippen molar-refractivity contribution in [1.82, 2.24) is 4.90 Å². The molecule has 1 amide bonds. The van der Waals surface area contributed by atoms with Crippen molar-refractivity contribution in [2.75, 3.05) is 18.9 Å². The Labute approximate surface area is 122 Å². The Morgan fingerprint density at radius 1 is 1.53 bits per heavy atom. The Bertz CT molecular complexity index is 499. The van der Waals surface area contributed by atoms with Crippen LogP contribution >= 0.6 is 23.2 Å². The van der Waals surface area contributed by atoms with Crippen molar-refractivity contribution in [3.8, 4) is 6.07 Å². The minimum absolute atomic E-state index is 0.190. The normalized spacial score (nSPS) is 12.0. The number of likely N-dealkylation sites (N-methyl/N-ethyl adjacent to an activating group) is 1. The van der Waals surface area contributed by atoms with Gasteiger partial charge in [-0.25, -0.2) is 0 Å². The molecule has 1 N–H and O–H groups in total. The van der Waals surface area contributed by atoms with Crippen LogP contribution in [0.2, 0.25) is 10.0 Å². The molecule has 0 radical (unpaired) electrons. The number of anilines is 1. The number of amides is 1. The summed E-state index contributed by atoms with van der Waals surface area (Å²) in [6, 6.07) is 6.57. The Hall–Kier alpha value is -1.28. The molecule has 0 aromatic heterocycles. The van der Waals surface area contributed by atoms with Gasteiger partial charge < -0.3 is 5.32 Å². The van der Waals surface area contributed by atoms with Gasteiger partial charge >= 0.3 is 0 Å². The van der Waals surface area contributed by atoms with E-state index in [1.54, 1.807) is 37.1 Å². The van der Waals surface area contributed by atoms with E-state index in [2.05, 4.69) is 5.32 Å². The predicted octanol–water partition coefficient (Wildman–Crippen LogP) is 3.17. The molecular weight excluding hydrogens is 285 g/mol. The fraction of sp³-hybridized carbons (Fsp3) is 0.385. The molecule has 0 aliphatic carbocycles. The summed E-state index contributed by atoms with van der Waals surface area (Å²) in [6.45, 7) is 2.31. The van der Waals surface area contributed by atoms with E-state index < -0.39 is 0 Å². The van der Waals surface area contributed by atoms with Crippen LogP contribution in [0.4, 0.5) is 5.69 Å². The van der Waals surface area contributed by atoms with Crippen LogP contribution in [0.1, 0.15) is 13.3 Å². The van der Waals surface area contributed by atoms with Crippen LogP contribution in [0, 0.1) is 11.3 Å². The first-order valence-corrected chi connectivity index (χ1v) is 6.54. The highest BCUT2D eigenvalue weighted by molar-refractivity contribution is 6.35. The molecule has 1 aromatic rings. The number of halogens is 2. The summed E-state index contributed by atoms with van der Waals surface area (Å²) in [5.74, 6) is -0.190. The van der Waals surface area contributed by atoms with Gasteiger partial charge in [-0.2, -0.15) is 5.26 Å². The first-order valence-electron chi connectivity index (χ1n) is 5.78. The topological polar surface area (TPSA) is 56.1 Å². The molecule has 102 valence electrons. The van der Waals surface area contributed by atoms with E-state index in [9.17, 15) is 4.79 Å². The van der Waals surface area contributed by atoms with Crippen LogP contribution in [0.3, 0.4) is 0 Å². The van der Waals surface area contributed by atoms with E-state index in [0.717, 1.165) is 0 Å². The third-order valence-corrected chi connectivity index (χ3v) is 3.37. The zero-order valence-electron chi connectivity index (χ0n) is 10.8. The maximum absolute atomic E-state index is 12.0. The molecule has 1 atom stereocenters. The summed E-state index contributed by atoms with van der Waals surface area (Å²) in [5, 5.41) is 12.2. The molecule has 4 nitrogen and oxygen atoms in total. The summed E-state index contributed by atoms with van der Waals surface area (Å²) in [4.78, 5) is 13.8. The lowest BCUT2D eigenvalue weighted by molar-refractivity contribution is -0.120. The number of nitrogens with zero attached hydrogens (tertiary/aromatic N) is 2. The summed E-state index contributed by atoms with van der Waals surface area (Å²) in [6.07, 6.45) is 0.381. The molecule has 0 fully saturated rings. The quantitative estimate of drug-likeness (QED) is 0.908. The lowest BCUT2D eigenvalue weighted by atomic mass is 10.2. The number of nitriles is 1. The molecule has 0 saturated heterocycles. The van der Waals surface area contributed by atoms with Gasteiger partial charge in [-0.1, -0.05) is 23.2 Å². The van der Waals surface area contributed by atoms with Gasteiger partial charge in [0.1, 0.15) is 0 Å². The fourth-order valence-corrected chi connectivity index (χ4v) is 1.79.